The Balaban J connectivity index is 1.55. The predicted octanol–water partition coefficient (Wildman–Crippen LogP) is -0.212. The molecule has 18 N–H and O–H groups in total. The van der Waals surface area contributed by atoms with E-state index in [0.717, 1.165) is 0 Å². The van der Waals surface area contributed by atoms with Crippen molar-refractivity contribution < 1.29 is 86.5 Å². The number of phenols is 11. The summed E-state index contributed by atoms with van der Waals surface area (Å²) in [6.07, 6.45) is -1.03. The molecule has 0 spiro atoms. The number of aromatic hydroxyl groups is 11. The van der Waals surface area contributed by atoms with Gasteiger partial charge in [0.25, 0.3) is 5.91 Å². The smallest absolute Gasteiger partial charge is 0.343 e. The second-order valence-electron chi connectivity index (χ2n) is 10.9. The third kappa shape index (κ3) is 3.93. The summed E-state index contributed by atoms with van der Waals surface area (Å²) >= 11 is 6.04. The molecule has 19 nitrogen and oxygen atoms in total. The highest BCUT2D eigenvalue weighted by Crippen LogP contribution is 2.66. The van der Waals surface area contributed by atoms with E-state index in [1.165, 1.54) is 6.92 Å². The molecule has 1 aliphatic carbocycles. The van der Waals surface area contributed by atoms with Gasteiger partial charge in [-0.3, -0.25) is 5.32 Å². The van der Waals surface area contributed by atoms with E-state index >= 15 is 0 Å². The minimum Gasteiger partial charge on any atom is -0.506 e. The summed E-state index contributed by atoms with van der Waals surface area (Å²) in [6, 6.07) is 0. The zero-order valence-corrected chi connectivity index (χ0v) is 23.6. The fraction of sp³-hybridized carbons (Fsp3) is 0.269. The van der Waals surface area contributed by atoms with Crippen LogP contribution in [0.2, 0.25) is 5.02 Å². The average molecular weight is 673 g/mol. The van der Waals surface area contributed by atoms with Gasteiger partial charge >= 0.3 is 5.97 Å². The topological polar surface area (TPSA) is 365 Å². The molecule has 3 aromatic rings. The van der Waals surface area contributed by atoms with Gasteiger partial charge in [-0.25, -0.2) is 4.79 Å². The number of rotatable bonds is 6. The summed E-state index contributed by atoms with van der Waals surface area (Å²) in [5, 5.41) is 170. The SMILES string of the molecule is CC1c2c(Cl)c(O)c(O)c(O)c2C1C1(O)CC(O)(C(O)(O)Nc2c(O)c(O)c(O)c(-c3c(O)c(O)c(O)c(C(=O)O)c3O)c2O)N1. The number of benzene rings is 3. The lowest BCUT2D eigenvalue weighted by Crippen LogP contribution is -2.84. The first kappa shape index (κ1) is 32.2. The molecule has 0 radical (unpaired) electrons. The van der Waals surface area contributed by atoms with Crippen molar-refractivity contribution in [3.63, 3.8) is 0 Å². The van der Waals surface area contributed by atoms with E-state index in [1.54, 1.807) is 5.32 Å². The lowest BCUT2D eigenvalue weighted by molar-refractivity contribution is -0.351. The fourth-order valence-electron chi connectivity index (χ4n) is 6.05. The third-order valence-corrected chi connectivity index (χ3v) is 8.68. The van der Waals surface area contributed by atoms with Gasteiger partial charge in [-0.1, -0.05) is 18.5 Å². The maximum atomic E-state index is 11.6. The quantitative estimate of drug-likeness (QED) is 0.0914. The van der Waals surface area contributed by atoms with Gasteiger partial charge in [0.15, 0.2) is 46.0 Å². The number of halogens is 1. The number of carboxylic acid groups (broad SMARTS) is 1. The van der Waals surface area contributed by atoms with Crippen LogP contribution in [0.4, 0.5) is 5.69 Å². The minimum atomic E-state index is -3.77. The lowest BCUT2D eigenvalue weighted by atomic mass is 9.59. The van der Waals surface area contributed by atoms with Gasteiger partial charge in [0.05, 0.1) is 16.1 Å². The third-order valence-electron chi connectivity index (χ3n) is 8.30. The van der Waals surface area contributed by atoms with Crippen molar-refractivity contribution in [2.24, 2.45) is 0 Å². The normalized spacial score (nSPS) is 23.7. The van der Waals surface area contributed by atoms with Crippen LogP contribution in [-0.2, 0) is 0 Å². The van der Waals surface area contributed by atoms with Gasteiger partial charge in [0.2, 0.25) is 17.2 Å². The van der Waals surface area contributed by atoms with Crippen LogP contribution < -0.4 is 10.6 Å². The molecule has 20 heteroatoms. The largest absolute Gasteiger partial charge is 0.506 e. The molecule has 1 saturated heterocycles. The van der Waals surface area contributed by atoms with Gasteiger partial charge in [-0.2, -0.15) is 0 Å². The monoisotopic (exact) mass is 672 g/mol. The molecule has 1 aliphatic heterocycles. The molecule has 2 aliphatic rings. The van der Waals surface area contributed by atoms with Crippen molar-refractivity contribution in [2.75, 3.05) is 5.32 Å². The van der Waals surface area contributed by atoms with E-state index < -0.39 is 127 Å². The maximum Gasteiger partial charge on any atom is 0.343 e. The molecule has 4 atom stereocenters. The second-order valence-corrected chi connectivity index (χ2v) is 11.3. The van der Waals surface area contributed by atoms with E-state index in [9.17, 15) is 86.5 Å². The zero-order chi connectivity index (χ0) is 34.7. The molecule has 3 aromatic carbocycles. The van der Waals surface area contributed by atoms with Crippen molar-refractivity contribution in [1.82, 2.24) is 5.32 Å². The number of aromatic carboxylic acids is 1. The summed E-state index contributed by atoms with van der Waals surface area (Å²) in [6.45, 7) is 1.48. The molecule has 0 aromatic heterocycles. The number of hydrogen-bond donors (Lipinski definition) is 18. The lowest BCUT2D eigenvalue weighted by Gasteiger charge is -2.61. The highest BCUT2D eigenvalue weighted by atomic mass is 35.5. The van der Waals surface area contributed by atoms with Gasteiger partial charge in [0, 0.05) is 17.9 Å². The molecule has 46 heavy (non-hydrogen) atoms. The van der Waals surface area contributed by atoms with Gasteiger partial charge in [-0.05, 0) is 11.5 Å². The van der Waals surface area contributed by atoms with Crippen molar-refractivity contribution in [3.05, 3.63) is 21.7 Å². The highest BCUT2D eigenvalue weighted by molar-refractivity contribution is 6.33. The molecule has 5 rings (SSSR count). The van der Waals surface area contributed by atoms with Crippen LogP contribution in [0.1, 0.15) is 46.7 Å². The number of nitrogens with one attached hydrogen (secondary N) is 2. The molecular formula is C26H25ClN2O17. The average Bonchev–Trinajstić information content (AvgIpc) is 2.94. The summed E-state index contributed by atoms with van der Waals surface area (Å²) < 4.78 is 0. The Kier molecular flexibility index (Phi) is 6.77. The molecule has 0 amide bonds. The van der Waals surface area contributed by atoms with Crippen LogP contribution in [0.3, 0.4) is 0 Å². The van der Waals surface area contributed by atoms with Crippen molar-refractivity contribution >= 4 is 23.3 Å². The van der Waals surface area contributed by atoms with E-state index in [-0.39, 0.29) is 16.1 Å². The highest BCUT2D eigenvalue weighted by Gasteiger charge is 2.69. The first-order valence-electron chi connectivity index (χ1n) is 12.7. The van der Waals surface area contributed by atoms with Crippen molar-refractivity contribution in [3.8, 4) is 74.4 Å². The van der Waals surface area contributed by atoms with Crippen LogP contribution in [0.15, 0.2) is 0 Å². The molecule has 1 heterocycles. The predicted molar refractivity (Wildman–Crippen MR) is 148 cm³/mol. The van der Waals surface area contributed by atoms with Gasteiger partial charge in [0.1, 0.15) is 22.7 Å². The Morgan fingerprint density at radius 2 is 1.22 bits per heavy atom. The summed E-state index contributed by atoms with van der Waals surface area (Å²) in [5.41, 5.74) is -10.9. The number of fused-ring (bicyclic) bond motifs is 1. The van der Waals surface area contributed by atoms with Crippen molar-refractivity contribution in [1.29, 1.82) is 0 Å². The molecule has 4 unspecified atom stereocenters. The molecule has 1 fully saturated rings. The number of carboxylic acids is 1. The molecular weight excluding hydrogens is 648 g/mol. The van der Waals surface area contributed by atoms with E-state index in [4.69, 9.17) is 11.6 Å². The number of anilines is 1. The Morgan fingerprint density at radius 3 is 1.74 bits per heavy atom. The summed E-state index contributed by atoms with van der Waals surface area (Å²) in [4.78, 5) is 11.6. The van der Waals surface area contributed by atoms with Crippen LogP contribution >= 0.6 is 11.6 Å². The summed E-state index contributed by atoms with van der Waals surface area (Å²) in [5.74, 6) is -23.1. The standard InChI is InChI=1S/C26H25ClN2O17/c1-3-4-5(14(32)21(39)18(36)10(4)27)9(3)24(43)2-25(44,29-24)26(45,46)28-11-13(31)7(16(34)22(40)19(11)37)6-12(30)8(23(41)42)17(35)20(38)15(6)33/h3,9,28-40,43-46H,2H2,1H3,(H,41,42). The number of carbonyl (C=O) groups is 1. The van der Waals surface area contributed by atoms with Gasteiger partial charge < -0.3 is 87.0 Å². The number of hydrogen-bond acceptors (Lipinski definition) is 18. The second kappa shape index (κ2) is 9.66. The number of phenolic OH excluding ortho intramolecular Hbond substituents is 9. The zero-order valence-electron chi connectivity index (χ0n) is 22.8. The maximum absolute atomic E-state index is 11.6. The Hall–Kier alpha value is -5.18. The van der Waals surface area contributed by atoms with Crippen LogP contribution in [0.25, 0.3) is 11.1 Å². The fourth-order valence-corrected chi connectivity index (χ4v) is 6.41. The summed E-state index contributed by atoms with van der Waals surface area (Å²) in [7, 11) is 0. The van der Waals surface area contributed by atoms with Gasteiger partial charge in [-0.15, -0.1) is 0 Å². The molecule has 0 bridgehead atoms. The van der Waals surface area contributed by atoms with E-state index in [0.29, 0.717) is 0 Å². The minimum absolute atomic E-state index is 0.127. The molecule has 0 saturated carbocycles. The number of aliphatic hydroxyl groups is 4. The van der Waals surface area contributed by atoms with E-state index in [1.807, 2.05) is 0 Å². The molecule has 248 valence electrons. The Bertz CT molecular complexity index is 1870. The van der Waals surface area contributed by atoms with E-state index in [2.05, 4.69) is 5.32 Å². The Labute approximate surface area is 259 Å². The first-order valence-corrected chi connectivity index (χ1v) is 13.1. The Morgan fingerprint density at radius 1 is 0.739 bits per heavy atom. The first-order chi connectivity index (χ1) is 21.0. The van der Waals surface area contributed by atoms with Crippen LogP contribution in [0, 0.1) is 0 Å². The van der Waals surface area contributed by atoms with Crippen LogP contribution in [-0.4, -0.2) is 105 Å². The van der Waals surface area contributed by atoms with Crippen LogP contribution in [0.5, 0.6) is 63.2 Å². The van der Waals surface area contributed by atoms with Crippen molar-refractivity contribution in [2.45, 2.75) is 42.5 Å².